The van der Waals surface area contributed by atoms with Gasteiger partial charge >= 0.3 is 0 Å². The van der Waals surface area contributed by atoms with Crippen molar-refractivity contribution in [3.05, 3.63) is 23.8 Å². The van der Waals surface area contributed by atoms with Gasteiger partial charge in [-0.3, -0.25) is 9.59 Å². The monoisotopic (exact) mass is 248 g/mol. The first-order chi connectivity index (χ1) is 8.47. The van der Waals surface area contributed by atoms with Crippen LogP contribution in [0.2, 0.25) is 0 Å². The molecule has 0 bridgehead atoms. The van der Waals surface area contributed by atoms with Crippen molar-refractivity contribution in [2.75, 3.05) is 30.5 Å². The first-order valence-corrected chi connectivity index (χ1v) is 5.77. The lowest BCUT2D eigenvalue weighted by atomic mass is 10.1. The SMILES string of the molecule is CC(CO)N(C)c1ccc2c(c1)N(C)C(=O)C2=O. The van der Waals surface area contributed by atoms with Crippen LogP contribution in [0.3, 0.4) is 0 Å². The van der Waals surface area contributed by atoms with E-state index in [4.69, 9.17) is 5.11 Å². The molecule has 1 N–H and O–H groups in total. The maximum Gasteiger partial charge on any atom is 0.299 e. The lowest BCUT2D eigenvalue weighted by Gasteiger charge is -2.26. The van der Waals surface area contributed by atoms with Crippen LogP contribution < -0.4 is 9.80 Å². The zero-order chi connectivity index (χ0) is 13.4. The number of aliphatic hydroxyl groups excluding tert-OH is 1. The van der Waals surface area contributed by atoms with E-state index < -0.39 is 11.7 Å². The van der Waals surface area contributed by atoms with E-state index in [-0.39, 0.29) is 12.6 Å². The summed E-state index contributed by atoms with van der Waals surface area (Å²) in [5, 5.41) is 9.14. The zero-order valence-electron chi connectivity index (χ0n) is 10.7. The van der Waals surface area contributed by atoms with E-state index in [9.17, 15) is 9.59 Å². The largest absolute Gasteiger partial charge is 0.394 e. The van der Waals surface area contributed by atoms with Crippen LogP contribution in [0.15, 0.2) is 18.2 Å². The third-order valence-electron chi connectivity index (χ3n) is 3.42. The van der Waals surface area contributed by atoms with Crippen LogP contribution in [-0.4, -0.2) is 43.5 Å². The predicted octanol–water partition coefficient (Wildman–Crippen LogP) is 0.663. The highest BCUT2D eigenvalue weighted by atomic mass is 16.3. The van der Waals surface area contributed by atoms with Gasteiger partial charge in [-0.2, -0.15) is 0 Å². The van der Waals surface area contributed by atoms with E-state index >= 15 is 0 Å². The Labute approximate surface area is 106 Å². The molecule has 18 heavy (non-hydrogen) atoms. The fourth-order valence-electron chi connectivity index (χ4n) is 1.96. The maximum atomic E-state index is 11.6. The van der Waals surface area contributed by atoms with E-state index in [0.717, 1.165) is 5.69 Å². The van der Waals surface area contributed by atoms with Crippen LogP contribution in [0.1, 0.15) is 17.3 Å². The van der Waals surface area contributed by atoms with Crippen LogP contribution in [0.25, 0.3) is 0 Å². The number of fused-ring (bicyclic) bond motifs is 1. The first-order valence-electron chi connectivity index (χ1n) is 5.77. The molecule has 1 amide bonds. The summed E-state index contributed by atoms with van der Waals surface area (Å²) in [5.41, 5.74) is 1.93. The van der Waals surface area contributed by atoms with Gasteiger partial charge in [0.25, 0.3) is 11.7 Å². The van der Waals surface area contributed by atoms with E-state index in [1.165, 1.54) is 4.90 Å². The number of likely N-dealkylation sites (N-methyl/N-ethyl adjacent to an activating group) is 2. The summed E-state index contributed by atoms with van der Waals surface area (Å²) >= 11 is 0. The number of hydrogen-bond acceptors (Lipinski definition) is 4. The molecule has 0 aromatic heterocycles. The number of benzene rings is 1. The van der Waals surface area contributed by atoms with Gasteiger partial charge in [0, 0.05) is 25.8 Å². The highest BCUT2D eigenvalue weighted by Crippen LogP contribution is 2.31. The number of hydrogen-bond donors (Lipinski definition) is 1. The summed E-state index contributed by atoms with van der Waals surface area (Å²) < 4.78 is 0. The van der Waals surface area contributed by atoms with Crippen LogP contribution in [0, 0.1) is 0 Å². The normalized spacial score (nSPS) is 15.9. The summed E-state index contributed by atoms with van der Waals surface area (Å²) in [4.78, 5) is 26.5. The van der Waals surface area contributed by atoms with Crippen molar-refractivity contribution in [1.82, 2.24) is 0 Å². The molecule has 1 unspecified atom stereocenters. The van der Waals surface area contributed by atoms with Gasteiger partial charge in [0.05, 0.1) is 17.9 Å². The Balaban J connectivity index is 2.40. The van der Waals surface area contributed by atoms with Gasteiger partial charge in [-0.25, -0.2) is 0 Å². The molecule has 0 aliphatic carbocycles. The molecule has 0 saturated heterocycles. The predicted molar refractivity (Wildman–Crippen MR) is 69.1 cm³/mol. The molecule has 1 aliphatic rings. The Morgan fingerprint density at radius 3 is 2.67 bits per heavy atom. The molecule has 1 heterocycles. The van der Waals surface area contributed by atoms with Gasteiger partial charge in [0.15, 0.2) is 0 Å². The Morgan fingerprint density at radius 1 is 1.39 bits per heavy atom. The Morgan fingerprint density at radius 2 is 2.06 bits per heavy atom. The Hall–Kier alpha value is -1.88. The van der Waals surface area contributed by atoms with E-state index in [1.807, 2.05) is 18.9 Å². The van der Waals surface area contributed by atoms with Crippen molar-refractivity contribution in [2.24, 2.45) is 0 Å². The molecule has 0 fully saturated rings. The Kier molecular flexibility index (Phi) is 3.09. The van der Waals surface area contributed by atoms with Crippen LogP contribution in [0.4, 0.5) is 11.4 Å². The zero-order valence-corrected chi connectivity index (χ0v) is 10.7. The second kappa shape index (κ2) is 4.42. The van der Waals surface area contributed by atoms with Crippen molar-refractivity contribution in [3.63, 3.8) is 0 Å². The molecule has 1 aromatic rings. The molecule has 1 aliphatic heterocycles. The molecule has 0 spiro atoms. The number of aliphatic hydroxyl groups is 1. The molecule has 2 rings (SSSR count). The average molecular weight is 248 g/mol. The van der Waals surface area contributed by atoms with Crippen LogP contribution in [-0.2, 0) is 4.79 Å². The lowest BCUT2D eigenvalue weighted by molar-refractivity contribution is -0.114. The quantitative estimate of drug-likeness (QED) is 0.798. The minimum Gasteiger partial charge on any atom is -0.394 e. The number of Topliss-reactive ketones (excluding diaryl/α,β-unsaturated/α-hetero) is 1. The molecule has 0 radical (unpaired) electrons. The number of nitrogens with zero attached hydrogens (tertiary/aromatic N) is 2. The van der Waals surface area contributed by atoms with Gasteiger partial charge in [0.2, 0.25) is 0 Å². The molecule has 5 heteroatoms. The number of rotatable bonds is 3. The summed E-state index contributed by atoms with van der Waals surface area (Å²) in [5.74, 6) is -0.961. The lowest BCUT2D eigenvalue weighted by Crippen LogP contribution is -2.31. The van der Waals surface area contributed by atoms with Gasteiger partial charge < -0.3 is 14.9 Å². The summed E-state index contributed by atoms with van der Waals surface area (Å²) in [6, 6.07) is 5.22. The van der Waals surface area contributed by atoms with Gasteiger partial charge in [-0.05, 0) is 25.1 Å². The standard InChI is InChI=1S/C13H16N2O3/c1-8(7-16)14(2)9-4-5-10-11(6-9)15(3)13(18)12(10)17/h4-6,8,16H,7H2,1-3H3. The molecule has 0 saturated carbocycles. The van der Waals surface area contributed by atoms with Gasteiger partial charge in [-0.1, -0.05) is 0 Å². The van der Waals surface area contributed by atoms with E-state index in [1.54, 1.807) is 25.2 Å². The fourth-order valence-corrected chi connectivity index (χ4v) is 1.96. The highest BCUT2D eigenvalue weighted by molar-refractivity contribution is 6.52. The molecular formula is C13H16N2O3. The number of anilines is 2. The number of carbonyl (C=O) groups excluding carboxylic acids is 2. The molecule has 5 nitrogen and oxygen atoms in total. The van der Waals surface area contributed by atoms with Crippen molar-refractivity contribution in [2.45, 2.75) is 13.0 Å². The van der Waals surface area contributed by atoms with Crippen LogP contribution in [0.5, 0.6) is 0 Å². The van der Waals surface area contributed by atoms with Gasteiger partial charge in [0.1, 0.15) is 0 Å². The van der Waals surface area contributed by atoms with Crippen molar-refractivity contribution in [3.8, 4) is 0 Å². The van der Waals surface area contributed by atoms with Crippen molar-refractivity contribution < 1.29 is 14.7 Å². The topological polar surface area (TPSA) is 60.9 Å². The fraction of sp³-hybridized carbons (Fsp3) is 0.385. The Bertz CT molecular complexity index is 513. The number of amides is 1. The molecule has 1 atom stereocenters. The summed E-state index contributed by atoms with van der Waals surface area (Å²) in [6.45, 7) is 1.94. The minimum absolute atomic E-state index is 0.0267. The second-order valence-corrected chi connectivity index (χ2v) is 4.54. The number of carbonyl (C=O) groups is 2. The van der Waals surface area contributed by atoms with Crippen molar-refractivity contribution >= 4 is 23.1 Å². The summed E-state index contributed by atoms with van der Waals surface area (Å²) in [6.07, 6.45) is 0. The third kappa shape index (κ3) is 1.76. The van der Waals surface area contributed by atoms with Crippen molar-refractivity contribution in [1.29, 1.82) is 0 Å². The summed E-state index contributed by atoms with van der Waals surface area (Å²) in [7, 11) is 3.45. The maximum absolute atomic E-state index is 11.6. The number of ketones is 1. The average Bonchev–Trinajstić information content (AvgIpc) is 2.61. The van der Waals surface area contributed by atoms with E-state index in [0.29, 0.717) is 11.3 Å². The highest BCUT2D eigenvalue weighted by Gasteiger charge is 2.33. The molecule has 96 valence electrons. The van der Waals surface area contributed by atoms with Gasteiger partial charge in [-0.15, -0.1) is 0 Å². The molecule has 1 aromatic carbocycles. The van der Waals surface area contributed by atoms with Crippen LogP contribution >= 0.6 is 0 Å². The second-order valence-electron chi connectivity index (χ2n) is 4.54. The first kappa shape index (κ1) is 12.6. The van der Waals surface area contributed by atoms with E-state index in [2.05, 4.69) is 0 Å². The smallest absolute Gasteiger partial charge is 0.299 e. The third-order valence-corrected chi connectivity index (χ3v) is 3.42. The minimum atomic E-state index is -0.500. The molecular weight excluding hydrogens is 232 g/mol.